The Kier molecular flexibility index (Phi) is 5.58. The average Bonchev–Trinajstić information content (AvgIpc) is 2.80. The number of rotatable bonds is 4. The summed E-state index contributed by atoms with van der Waals surface area (Å²) in [7, 11) is -4.25. The fraction of sp³-hybridized carbons (Fsp3) is 0.0833. The molecule has 0 saturated carbocycles. The third kappa shape index (κ3) is 4.32. The molecule has 0 aliphatic heterocycles. The summed E-state index contributed by atoms with van der Waals surface area (Å²) >= 11 is 12.4. The zero-order chi connectivity index (χ0) is 23.2. The van der Waals surface area contributed by atoms with Crippen LogP contribution in [0.5, 0.6) is 0 Å². The summed E-state index contributed by atoms with van der Waals surface area (Å²) in [5.74, 6) is 0.481. The van der Waals surface area contributed by atoms with Gasteiger partial charge in [0.05, 0.1) is 20.6 Å². The normalized spacial score (nSPS) is 14.9. The lowest BCUT2D eigenvalue weighted by molar-refractivity contribution is 0.483. The molecule has 0 radical (unpaired) electrons. The molecule has 6 nitrogen and oxygen atoms in total. The third-order valence-corrected chi connectivity index (χ3v) is 7.24. The van der Waals surface area contributed by atoms with Gasteiger partial charge in [-0.05, 0) is 59.5 Å². The Bertz CT molecular complexity index is 1480. The van der Waals surface area contributed by atoms with E-state index in [9.17, 15) is 8.42 Å². The maximum absolute atomic E-state index is 11.2. The van der Waals surface area contributed by atoms with E-state index in [1.54, 1.807) is 18.3 Å². The Hall–Kier alpha value is -2.97. The van der Waals surface area contributed by atoms with Gasteiger partial charge in [0.1, 0.15) is 0 Å². The van der Waals surface area contributed by atoms with Gasteiger partial charge in [-0.3, -0.25) is 4.55 Å². The van der Waals surface area contributed by atoms with Crippen LogP contribution in [0.4, 0.5) is 11.6 Å². The molecule has 1 atom stereocenters. The molecule has 166 valence electrons. The first-order valence-corrected chi connectivity index (χ1v) is 12.2. The molecule has 1 aliphatic rings. The van der Waals surface area contributed by atoms with Crippen LogP contribution >= 0.6 is 23.2 Å². The molecular weight excluding hydrogens is 481 g/mol. The van der Waals surface area contributed by atoms with Crippen LogP contribution in [0.1, 0.15) is 22.6 Å². The van der Waals surface area contributed by atoms with Gasteiger partial charge in [-0.1, -0.05) is 53.5 Å². The molecule has 2 N–H and O–H groups in total. The van der Waals surface area contributed by atoms with Gasteiger partial charge in [-0.2, -0.15) is 8.42 Å². The molecule has 0 bridgehead atoms. The Morgan fingerprint density at radius 3 is 2.45 bits per heavy atom. The van der Waals surface area contributed by atoms with Crippen LogP contribution < -0.4 is 5.32 Å². The van der Waals surface area contributed by atoms with Crippen molar-refractivity contribution in [2.45, 2.75) is 17.2 Å². The van der Waals surface area contributed by atoms with E-state index in [-0.39, 0.29) is 10.8 Å². The highest BCUT2D eigenvalue weighted by Crippen LogP contribution is 2.43. The molecule has 0 fully saturated rings. The SMILES string of the molecule is O=S(=O)(O)c1ccc(Nc2ncc3c(n2)-c2ccccc2[C@H](c2ccc(Cl)c(Cl)c2)C3)cc1. The summed E-state index contributed by atoms with van der Waals surface area (Å²) in [5, 5.41) is 4.13. The van der Waals surface area contributed by atoms with Gasteiger partial charge in [-0.15, -0.1) is 0 Å². The Labute approximate surface area is 201 Å². The maximum Gasteiger partial charge on any atom is 0.294 e. The molecule has 5 rings (SSSR count). The molecule has 33 heavy (non-hydrogen) atoms. The van der Waals surface area contributed by atoms with E-state index in [1.807, 2.05) is 36.4 Å². The second kappa shape index (κ2) is 8.43. The predicted octanol–water partition coefficient (Wildman–Crippen LogP) is 6.13. The van der Waals surface area contributed by atoms with E-state index in [0.29, 0.717) is 28.1 Å². The van der Waals surface area contributed by atoms with Crippen LogP contribution in [0, 0.1) is 0 Å². The van der Waals surface area contributed by atoms with Crippen LogP contribution in [0.3, 0.4) is 0 Å². The monoisotopic (exact) mass is 497 g/mol. The Morgan fingerprint density at radius 1 is 0.970 bits per heavy atom. The highest BCUT2D eigenvalue weighted by atomic mass is 35.5. The van der Waals surface area contributed by atoms with Crippen molar-refractivity contribution in [1.82, 2.24) is 9.97 Å². The van der Waals surface area contributed by atoms with Crippen LogP contribution in [-0.2, 0) is 16.5 Å². The molecule has 0 saturated heterocycles. The van der Waals surface area contributed by atoms with Crippen molar-refractivity contribution in [2.75, 3.05) is 5.32 Å². The summed E-state index contributed by atoms with van der Waals surface area (Å²) < 4.78 is 31.6. The van der Waals surface area contributed by atoms with Crippen LogP contribution in [0.15, 0.2) is 77.8 Å². The van der Waals surface area contributed by atoms with E-state index in [0.717, 1.165) is 27.9 Å². The molecule has 4 aromatic rings. The van der Waals surface area contributed by atoms with Gasteiger partial charge in [0.2, 0.25) is 5.95 Å². The molecular formula is C24H17Cl2N3O3S. The maximum atomic E-state index is 11.2. The number of benzene rings is 3. The molecule has 1 aliphatic carbocycles. The molecule has 3 aromatic carbocycles. The van der Waals surface area contributed by atoms with E-state index in [4.69, 9.17) is 32.7 Å². The van der Waals surface area contributed by atoms with Crippen molar-refractivity contribution < 1.29 is 13.0 Å². The van der Waals surface area contributed by atoms with Gasteiger partial charge < -0.3 is 5.32 Å². The summed E-state index contributed by atoms with van der Waals surface area (Å²) in [4.78, 5) is 9.02. The first-order valence-electron chi connectivity index (χ1n) is 10.0. The Balaban J connectivity index is 1.49. The number of anilines is 2. The summed E-state index contributed by atoms with van der Waals surface area (Å²) in [6.07, 6.45) is 2.52. The molecule has 9 heteroatoms. The van der Waals surface area contributed by atoms with E-state index in [2.05, 4.69) is 16.4 Å². The van der Waals surface area contributed by atoms with Crippen molar-refractivity contribution in [3.05, 3.63) is 99.7 Å². The average molecular weight is 498 g/mol. The predicted molar refractivity (Wildman–Crippen MR) is 129 cm³/mol. The first-order chi connectivity index (χ1) is 15.8. The first kappa shape index (κ1) is 21.9. The second-order valence-corrected chi connectivity index (χ2v) is 9.95. The zero-order valence-electron chi connectivity index (χ0n) is 17.0. The smallest absolute Gasteiger partial charge is 0.294 e. The zero-order valence-corrected chi connectivity index (χ0v) is 19.4. The standard InChI is InChI=1S/C24H17Cl2N3O3S/c25-21-10-5-14(12-22(21)26)20-11-15-13-27-24(29-23(15)19-4-2-1-3-18(19)20)28-16-6-8-17(9-7-16)33(30,31)32/h1-10,12-13,20H,11H2,(H,27,28,29)(H,30,31,32)/t20-/m0/s1. The van der Waals surface area contributed by atoms with Crippen molar-refractivity contribution >= 4 is 45.0 Å². The summed E-state index contributed by atoms with van der Waals surface area (Å²) in [6, 6.07) is 19.5. The quantitative estimate of drug-likeness (QED) is 0.329. The molecule has 0 amide bonds. The van der Waals surface area contributed by atoms with Crippen LogP contribution in [0.25, 0.3) is 11.3 Å². The van der Waals surface area contributed by atoms with E-state index < -0.39 is 10.1 Å². The largest absolute Gasteiger partial charge is 0.324 e. The Morgan fingerprint density at radius 2 is 1.73 bits per heavy atom. The molecule has 1 aromatic heterocycles. The molecule has 0 spiro atoms. The number of aromatic nitrogens is 2. The fourth-order valence-electron chi connectivity index (χ4n) is 4.06. The number of nitrogens with zero attached hydrogens (tertiary/aromatic N) is 2. The number of nitrogens with one attached hydrogen (secondary N) is 1. The van der Waals surface area contributed by atoms with Gasteiger partial charge in [0.15, 0.2) is 0 Å². The van der Waals surface area contributed by atoms with Gasteiger partial charge in [0, 0.05) is 23.4 Å². The molecule has 0 unspecified atom stereocenters. The van der Waals surface area contributed by atoms with Crippen molar-refractivity contribution in [3.8, 4) is 11.3 Å². The number of hydrogen-bond acceptors (Lipinski definition) is 5. The molecule has 1 heterocycles. The summed E-state index contributed by atoms with van der Waals surface area (Å²) in [6.45, 7) is 0. The highest BCUT2D eigenvalue weighted by Gasteiger charge is 2.27. The summed E-state index contributed by atoms with van der Waals surface area (Å²) in [5.41, 5.74) is 5.68. The van der Waals surface area contributed by atoms with Gasteiger partial charge in [0.25, 0.3) is 10.1 Å². The van der Waals surface area contributed by atoms with E-state index in [1.165, 1.54) is 12.1 Å². The lowest BCUT2D eigenvalue weighted by Gasteiger charge is -2.27. The minimum atomic E-state index is -4.25. The van der Waals surface area contributed by atoms with Gasteiger partial charge >= 0.3 is 0 Å². The minimum absolute atomic E-state index is 0.0962. The van der Waals surface area contributed by atoms with Crippen molar-refractivity contribution in [1.29, 1.82) is 0 Å². The minimum Gasteiger partial charge on any atom is -0.324 e. The second-order valence-electron chi connectivity index (χ2n) is 7.71. The van der Waals surface area contributed by atoms with E-state index >= 15 is 0 Å². The van der Waals surface area contributed by atoms with Gasteiger partial charge in [-0.25, -0.2) is 9.97 Å². The topological polar surface area (TPSA) is 92.2 Å². The lowest BCUT2D eigenvalue weighted by atomic mass is 9.78. The number of hydrogen-bond donors (Lipinski definition) is 2. The van der Waals surface area contributed by atoms with Crippen LogP contribution in [0.2, 0.25) is 10.0 Å². The van der Waals surface area contributed by atoms with Crippen molar-refractivity contribution in [2.24, 2.45) is 0 Å². The lowest BCUT2D eigenvalue weighted by Crippen LogP contribution is -2.15. The third-order valence-electron chi connectivity index (χ3n) is 5.63. The highest BCUT2D eigenvalue weighted by molar-refractivity contribution is 7.85. The number of halogens is 2. The number of fused-ring (bicyclic) bond motifs is 3. The van der Waals surface area contributed by atoms with Crippen LogP contribution in [-0.4, -0.2) is 22.9 Å². The van der Waals surface area contributed by atoms with Crippen molar-refractivity contribution in [3.63, 3.8) is 0 Å². The fourth-order valence-corrected chi connectivity index (χ4v) is 4.85.